The van der Waals surface area contributed by atoms with Crippen molar-refractivity contribution in [1.82, 2.24) is 0 Å². The van der Waals surface area contributed by atoms with Crippen molar-refractivity contribution in [3.63, 3.8) is 0 Å². The minimum Gasteiger partial charge on any atom is -0.481 e. The molecule has 1 fully saturated rings. The van der Waals surface area contributed by atoms with Crippen molar-refractivity contribution in [3.8, 4) is 0 Å². The summed E-state index contributed by atoms with van der Waals surface area (Å²) in [6.07, 6.45) is -0.523. The Morgan fingerprint density at radius 2 is 1.62 bits per heavy atom. The molecular formula is C12H20N2O7. The molecule has 0 heterocycles. The zero-order valence-corrected chi connectivity index (χ0v) is 11.3. The maximum absolute atomic E-state index is 11.5. The average molecular weight is 304 g/mol. The fourth-order valence-electron chi connectivity index (χ4n) is 2.97. The van der Waals surface area contributed by atoms with Crippen LogP contribution in [0.5, 0.6) is 0 Å². The van der Waals surface area contributed by atoms with Crippen molar-refractivity contribution in [2.75, 3.05) is 0 Å². The highest BCUT2D eigenvalue weighted by Crippen LogP contribution is 2.37. The summed E-state index contributed by atoms with van der Waals surface area (Å²) >= 11 is 0. The predicted molar refractivity (Wildman–Crippen MR) is 69.3 cm³/mol. The van der Waals surface area contributed by atoms with Crippen molar-refractivity contribution >= 4 is 17.9 Å². The molecule has 8 N–H and O–H groups in total. The van der Waals surface area contributed by atoms with E-state index in [0.717, 1.165) is 6.42 Å². The monoisotopic (exact) mass is 304 g/mol. The number of hydrogen-bond donors (Lipinski definition) is 6. The third-order valence-electron chi connectivity index (χ3n) is 4.15. The van der Waals surface area contributed by atoms with Crippen LogP contribution in [0.3, 0.4) is 0 Å². The molecule has 0 aromatic carbocycles. The summed E-state index contributed by atoms with van der Waals surface area (Å²) in [5, 5.41) is 36.9. The summed E-state index contributed by atoms with van der Waals surface area (Å²) in [6.45, 7) is 0. The van der Waals surface area contributed by atoms with Crippen LogP contribution in [-0.4, -0.2) is 56.0 Å². The van der Waals surface area contributed by atoms with Gasteiger partial charge in [0, 0.05) is 11.6 Å². The fraction of sp³-hybridized carbons (Fsp3) is 0.750. The maximum Gasteiger partial charge on any atom is 0.333 e. The number of rotatable bonds is 6. The Kier molecular flexibility index (Phi) is 5.26. The molecule has 0 aliphatic heterocycles. The second kappa shape index (κ2) is 6.37. The molecule has 1 aliphatic rings. The van der Waals surface area contributed by atoms with E-state index in [0.29, 0.717) is 12.8 Å². The first kappa shape index (κ1) is 17.3. The van der Waals surface area contributed by atoms with Crippen LogP contribution in [0.4, 0.5) is 0 Å². The van der Waals surface area contributed by atoms with Gasteiger partial charge in [0.2, 0.25) is 0 Å². The molecule has 9 heteroatoms. The van der Waals surface area contributed by atoms with Crippen LogP contribution in [0.25, 0.3) is 0 Å². The van der Waals surface area contributed by atoms with E-state index in [1.54, 1.807) is 0 Å². The van der Waals surface area contributed by atoms with E-state index in [2.05, 4.69) is 0 Å². The molecule has 0 radical (unpaired) electrons. The van der Waals surface area contributed by atoms with Gasteiger partial charge in [0.15, 0.2) is 6.10 Å². The van der Waals surface area contributed by atoms with Gasteiger partial charge in [0.1, 0.15) is 5.92 Å². The summed E-state index contributed by atoms with van der Waals surface area (Å²) < 4.78 is 0. The van der Waals surface area contributed by atoms with Crippen molar-refractivity contribution in [2.45, 2.75) is 43.4 Å². The van der Waals surface area contributed by atoms with E-state index < -0.39 is 47.4 Å². The Hall–Kier alpha value is -1.71. The zero-order valence-electron chi connectivity index (χ0n) is 11.3. The number of carboxylic acids is 3. The van der Waals surface area contributed by atoms with Crippen molar-refractivity contribution in [2.24, 2.45) is 23.3 Å². The fourth-order valence-corrected chi connectivity index (χ4v) is 2.97. The molecule has 120 valence electrons. The number of aliphatic carboxylic acids is 3. The Morgan fingerprint density at radius 3 is 2.00 bits per heavy atom. The summed E-state index contributed by atoms with van der Waals surface area (Å²) in [4.78, 5) is 33.7. The van der Waals surface area contributed by atoms with E-state index >= 15 is 0 Å². The van der Waals surface area contributed by atoms with Gasteiger partial charge < -0.3 is 31.9 Å². The first-order valence-electron chi connectivity index (χ1n) is 6.54. The van der Waals surface area contributed by atoms with E-state index in [1.807, 2.05) is 0 Å². The molecule has 9 nitrogen and oxygen atoms in total. The Morgan fingerprint density at radius 1 is 1.05 bits per heavy atom. The van der Waals surface area contributed by atoms with Crippen LogP contribution in [0, 0.1) is 11.8 Å². The lowest BCUT2D eigenvalue weighted by Crippen LogP contribution is -2.67. The van der Waals surface area contributed by atoms with Crippen LogP contribution < -0.4 is 11.5 Å². The van der Waals surface area contributed by atoms with Gasteiger partial charge in [-0.1, -0.05) is 12.8 Å². The van der Waals surface area contributed by atoms with Crippen molar-refractivity contribution in [3.05, 3.63) is 0 Å². The Bertz CT molecular complexity index is 441. The third-order valence-corrected chi connectivity index (χ3v) is 4.15. The first-order chi connectivity index (χ1) is 9.62. The minimum atomic E-state index is -2.38. The van der Waals surface area contributed by atoms with Crippen molar-refractivity contribution < 1.29 is 34.8 Å². The van der Waals surface area contributed by atoms with E-state index in [1.165, 1.54) is 0 Å². The molecule has 1 aliphatic carbocycles. The molecule has 5 unspecified atom stereocenters. The highest BCUT2D eigenvalue weighted by Gasteiger charge is 2.54. The molecule has 1 saturated carbocycles. The Labute approximate surface area is 120 Å². The first-order valence-corrected chi connectivity index (χ1v) is 6.54. The largest absolute Gasteiger partial charge is 0.481 e. The Balaban J connectivity index is 3.28. The highest BCUT2D eigenvalue weighted by molar-refractivity contribution is 5.87. The third kappa shape index (κ3) is 3.31. The van der Waals surface area contributed by atoms with E-state index in [9.17, 15) is 24.6 Å². The summed E-state index contributed by atoms with van der Waals surface area (Å²) in [5.74, 6) is -9.00. The molecule has 0 aromatic heterocycles. The summed E-state index contributed by atoms with van der Waals surface area (Å²) in [6, 6.07) is -0.782. The number of aliphatic hydroxyl groups excluding tert-OH is 1. The number of carboxylic acid groups (broad SMARTS) is 3. The normalized spacial score (nSPS) is 30.1. The van der Waals surface area contributed by atoms with Gasteiger partial charge in [-0.15, -0.1) is 0 Å². The number of nitrogens with two attached hydrogens (primary N) is 2. The lowest BCUT2D eigenvalue weighted by Gasteiger charge is -2.45. The van der Waals surface area contributed by atoms with Gasteiger partial charge in [-0.25, -0.2) is 4.79 Å². The predicted octanol–water partition coefficient (Wildman–Crippen LogP) is -1.57. The highest BCUT2D eigenvalue weighted by atomic mass is 16.4. The molecule has 1 rings (SSSR count). The quantitative estimate of drug-likeness (QED) is 0.337. The van der Waals surface area contributed by atoms with Gasteiger partial charge in [-0.2, -0.15) is 0 Å². The molecule has 0 spiro atoms. The SMILES string of the molecule is NC1CCCCC1(N)C(C(=O)O)C(C(=O)O)C(O)C(=O)O. The van der Waals surface area contributed by atoms with E-state index in [-0.39, 0.29) is 6.42 Å². The molecule has 0 saturated heterocycles. The summed E-state index contributed by atoms with van der Waals surface area (Å²) in [5.41, 5.74) is 10.3. The van der Waals surface area contributed by atoms with Gasteiger partial charge in [0.25, 0.3) is 0 Å². The molecule has 0 aromatic rings. The average Bonchev–Trinajstić information content (AvgIpc) is 2.37. The lowest BCUT2D eigenvalue weighted by atomic mass is 9.65. The van der Waals surface area contributed by atoms with Crippen LogP contribution in [0.2, 0.25) is 0 Å². The number of aliphatic hydroxyl groups is 1. The van der Waals surface area contributed by atoms with Crippen LogP contribution >= 0.6 is 0 Å². The van der Waals surface area contributed by atoms with Crippen LogP contribution in [-0.2, 0) is 14.4 Å². The van der Waals surface area contributed by atoms with Gasteiger partial charge in [-0.3, -0.25) is 9.59 Å². The number of carbonyl (C=O) groups is 3. The van der Waals surface area contributed by atoms with Gasteiger partial charge >= 0.3 is 17.9 Å². The summed E-state index contributed by atoms with van der Waals surface area (Å²) in [7, 11) is 0. The molecule has 0 amide bonds. The molecule has 0 bridgehead atoms. The lowest BCUT2D eigenvalue weighted by molar-refractivity contribution is -0.171. The standard InChI is InChI=1S/C12H20N2O7/c13-5-3-1-2-4-12(5,14)7(10(18)19)6(9(16)17)8(15)11(20)21/h5-8,15H,1-4,13-14H2,(H,16,17)(H,18,19)(H,20,21). The number of hydrogen-bond acceptors (Lipinski definition) is 6. The second-order valence-electron chi connectivity index (χ2n) is 5.43. The smallest absolute Gasteiger partial charge is 0.333 e. The maximum atomic E-state index is 11.5. The van der Waals surface area contributed by atoms with Gasteiger partial charge in [0.05, 0.1) is 5.92 Å². The van der Waals surface area contributed by atoms with Gasteiger partial charge in [-0.05, 0) is 12.8 Å². The van der Waals surface area contributed by atoms with Crippen LogP contribution in [0.1, 0.15) is 25.7 Å². The second-order valence-corrected chi connectivity index (χ2v) is 5.43. The van der Waals surface area contributed by atoms with Crippen molar-refractivity contribution in [1.29, 1.82) is 0 Å². The zero-order chi connectivity index (χ0) is 16.4. The molecule has 5 atom stereocenters. The van der Waals surface area contributed by atoms with E-state index in [4.69, 9.17) is 21.7 Å². The van der Waals surface area contributed by atoms with Crippen LogP contribution in [0.15, 0.2) is 0 Å². The molecule has 21 heavy (non-hydrogen) atoms. The molecular weight excluding hydrogens is 284 g/mol. The topological polar surface area (TPSA) is 184 Å². The minimum absolute atomic E-state index is 0.154.